The van der Waals surface area contributed by atoms with E-state index in [0.717, 1.165) is 30.8 Å². The van der Waals surface area contributed by atoms with Gasteiger partial charge in [-0.1, -0.05) is 6.07 Å². The Morgan fingerprint density at radius 1 is 1.12 bits per heavy atom. The molecule has 3 nitrogen and oxygen atoms in total. The van der Waals surface area contributed by atoms with Gasteiger partial charge in [-0.15, -0.1) is 0 Å². The molecule has 0 aliphatic rings. The number of halogens is 1. The number of nitrogens with two attached hydrogens (primary N) is 1. The molecule has 0 heterocycles. The average Bonchev–Trinajstić information content (AvgIpc) is 2.28. The summed E-state index contributed by atoms with van der Waals surface area (Å²) < 4.78 is 13.0. The molecule has 0 unspecified atom stereocenters. The number of likely N-dealkylation sites (N-methyl/N-ethyl adjacent to an activating group) is 2. The fraction of sp³-hybridized carbons (Fsp3) is 0.538. The normalized spacial score (nSPS) is 11.5. The van der Waals surface area contributed by atoms with Crippen molar-refractivity contribution in [3.8, 4) is 0 Å². The van der Waals surface area contributed by atoms with E-state index >= 15 is 0 Å². The van der Waals surface area contributed by atoms with E-state index in [9.17, 15) is 4.39 Å². The third-order valence-electron chi connectivity index (χ3n) is 2.76. The molecule has 0 amide bonds. The molecule has 0 saturated heterocycles. The quantitative estimate of drug-likeness (QED) is 0.811. The highest BCUT2D eigenvalue weighted by atomic mass is 19.1. The molecule has 96 valence electrons. The molecule has 0 aliphatic carbocycles. The van der Waals surface area contributed by atoms with Crippen LogP contribution in [0.1, 0.15) is 11.1 Å². The molecule has 0 radical (unpaired) electrons. The smallest absolute Gasteiger partial charge is 0.123 e. The largest absolute Gasteiger partial charge is 0.326 e. The lowest BCUT2D eigenvalue weighted by atomic mass is 10.1. The number of hydrogen-bond acceptors (Lipinski definition) is 3. The lowest BCUT2D eigenvalue weighted by molar-refractivity contribution is 0.275. The van der Waals surface area contributed by atoms with Crippen molar-refractivity contribution in [3.05, 3.63) is 35.1 Å². The lowest BCUT2D eigenvalue weighted by Crippen LogP contribution is -2.28. The van der Waals surface area contributed by atoms with E-state index in [0.29, 0.717) is 6.54 Å². The SMILES string of the molecule is CN(C)CCN(C)Cc1ccc(F)cc1CN. The summed E-state index contributed by atoms with van der Waals surface area (Å²) in [5.41, 5.74) is 7.62. The van der Waals surface area contributed by atoms with Crippen LogP contribution >= 0.6 is 0 Å². The first-order valence-electron chi connectivity index (χ1n) is 5.83. The van der Waals surface area contributed by atoms with E-state index in [-0.39, 0.29) is 5.82 Å². The van der Waals surface area contributed by atoms with Gasteiger partial charge in [0.15, 0.2) is 0 Å². The molecule has 0 aliphatic heterocycles. The van der Waals surface area contributed by atoms with Crippen molar-refractivity contribution in [1.29, 1.82) is 0 Å². The van der Waals surface area contributed by atoms with Crippen molar-refractivity contribution >= 4 is 0 Å². The molecule has 0 bridgehead atoms. The molecular formula is C13H22FN3. The zero-order chi connectivity index (χ0) is 12.8. The van der Waals surface area contributed by atoms with E-state index < -0.39 is 0 Å². The van der Waals surface area contributed by atoms with Crippen molar-refractivity contribution in [3.63, 3.8) is 0 Å². The summed E-state index contributed by atoms with van der Waals surface area (Å²) in [5.74, 6) is -0.217. The van der Waals surface area contributed by atoms with Crippen LogP contribution in [0.15, 0.2) is 18.2 Å². The molecular weight excluding hydrogens is 217 g/mol. The van der Waals surface area contributed by atoms with Crippen LogP contribution in [0.25, 0.3) is 0 Å². The maximum Gasteiger partial charge on any atom is 0.123 e. The van der Waals surface area contributed by atoms with Crippen molar-refractivity contribution in [2.24, 2.45) is 5.73 Å². The number of rotatable bonds is 6. The van der Waals surface area contributed by atoms with Gasteiger partial charge in [-0.05, 0) is 44.4 Å². The second-order valence-electron chi connectivity index (χ2n) is 4.66. The van der Waals surface area contributed by atoms with Gasteiger partial charge in [0, 0.05) is 26.2 Å². The number of benzene rings is 1. The van der Waals surface area contributed by atoms with Crippen LogP contribution < -0.4 is 5.73 Å². The van der Waals surface area contributed by atoms with E-state index in [4.69, 9.17) is 5.73 Å². The standard InChI is InChI=1S/C13H22FN3/c1-16(2)6-7-17(3)10-11-4-5-13(14)8-12(11)9-15/h4-5,8H,6-7,9-10,15H2,1-3H3. The fourth-order valence-corrected chi connectivity index (χ4v) is 1.68. The Bertz CT molecular complexity index is 353. The van der Waals surface area contributed by atoms with Crippen molar-refractivity contribution in [2.75, 3.05) is 34.2 Å². The summed E-state index contributed by atoms with van der Waals surface area (Å²) in [7, 11) is 6.17. The maximum atomic E-state index is 13.0. The highest BCUT2D eigenvalue weighted by Crippen LogP contribution is 2.12. The van der Waals surface area contributed by atoms with Gasteiger partial charge in [0.2, 0.25) is 0 Å². The van der Waals surface area contributed by atoms with Gasteiger partial charge in [0.05, 0.1) is 0 Å². The molecule has 0 aromatic heterocycles. The Labute approximate surface area is 103 Å². The van der Waals surface area contributed by atoms with Crippen LogP contribution in [0.4, 0.5) is 4.39 Å². The molecule has 17 heavy (non-hydrogen) atoms. The molecule has 1 rings (SSSR count). The summed E-state index contributed by atoms with van der Waals surface area (Å²) >= 11 is 0. The molecule has 1 aromatic carbocycles. The second kappa shape index (κ2) is 6.69. The van der Waals surface area contributed by atoms with Crippen LogP contribution in [-0.4, -0.2) is 44.0 Å². The van der Waals surface area contributed by atoms with Crippen LogP contribution in [0, 0.1) is 5.82 Å². The van der Waals surface area contributed by atoms with Crippen LogP contribution in [0.3, 0.4) is 0 Å². The Morgan fingerprint density at radius 2 is 1.82 bits per heavy atom. The minimum atomic E-state index is -0.217. The summed E-state index contributed by atoms with van der Waals surface area (Å²) in [5, 5.41) is 0. The molecule has 0 atom stereocenters. The van der Waals surface area contributed by atoms with Gasteiger partial charge in [0.25, 0.3) is 0 Å². The predicted molar refractivity (Wildman–Crippen MR) is 69.2 cm³/mol. The van der Waals surface area contributed by atoms with Gasteiger partial charge in [-0.2, -0.15) is 0 Å². The van der Waals surface area contributed by atoms with E-state index in [1.807, 2.05) is 6.07 Å². The van der Waals surface area contributed by atoms with Crippen LogP contribution in [-0.2, 0) is 13.1 Å². The maximum absolute atomic E-state index is 13.0. The third-order valence-corrected chi connectivity index (χ3v) is 2.76. The van der Waals surface area contributed by atoms with Gasteiger partial charge < -0.3 is 15.5 Å². The topological polar surface area (TPSA) is 32.5 Å². The average molecular weight is 239 g/mol. The van der Waals surface area contributed by atoms with Gasteiger partial charge >= 0.3 is 0 Å². The first-order valence-corrected chi connectivity index (χ1v) is 5.83. The molecule has 0 fully saturated rings. The monoisotopic (exact) mass is 239 g/mol. The van der Waals surface area contributed by atoms with Gasteiger partial charge in [-0.25, -0.2) is 4.39 Å². The van der Waals surface area contributed by atoms with Crippen LogP contribution in [0.2, 0.25) is 0 Å². The summed E-state index contributed by atoms with van der Waals surface area (Å²) in [6.45, 7) is 3.18. The van der Waals surface area contributed by atoms with Crippen molar-refractivity contribution in [1.82, 2.24) is 9.80 Å². The van der Waals surface area contributed by atoms with Crippen molar-refractivity contribution in [2.45, 2.75) is 13.1 Å². The van der Waals surface area contributed by atoms with E-state index in [1.54, 1.807) is 0 Å². The summed E-state index contributed by atoms with van der Waals surface area (Å²) in [6, 6.07) is 4.84. The summed E-state index contributed by atoms with van der Waals surface area (Å²) in [4.78, 5) is 4.36. The highest BCUT2D eigenvalue weighted by Gasteiger charge is 2.06. The Kier molecular flexibility index (Phi) is 5.55. The highest BCUT2D eigenvalue weighted by molar-refractivity contribution is 5.27. The van der Waals surface area contributed by atoms with Crippen molar-refractivity contribution < 1.29 is 4.39 Å². The Balaban J connectivity index is 2.61. The van der Waals surface area contributed by atoms with E-state index in [1.165, 1.54) is 12.1 Å². The molecule has 2 N–H and O–H groups in total. The first-order chi connectivity index (χ1) is 8.02. The zero-order valence-corrected chi connectivity index (χ0v) is 10.9. The Morgan fingerprint density at radius 3 is 2.41 bits per heavy atom. The Hall–Kier alpha value is -0.970. The second-order valence-corrected chi connectivity index (χ2v) is 4.66. The minimum Gasteiger partial charge on any atom is -0.326 e. The summed E-state index contributed by atoms with van der Waals surface area (Å²) in [6.07, 6.45) is 0. The number of nitrogens with zero attached hydrogens (tertiary/aromatic N) is 2. The third kappa shape index (κ3) is 4.81. The molecule has 0 spiro atoms. The first kappa shape index (κ1) is 14.1. The van der Waals surface area contributed by atoms with E-state index in [2.05, 4.69) is 30.9 Å². The van der Waals surface area contributed by atoms with Gasteiger partial charge in [0.1, 0.15) is 5.82 Å². The molecule has 1 aromatic rings. The van der Waals surface area contributed by atoms with Gasteiger partial charge in [-0.3, -0.25) is 0 Å². The predicted octanol–water partition coefficient (Wildman–Crippen LogP) is 1.28. The zero-order valence-electron chi connectivity index (χ0n) is 10.9. The number of hydrogen-bond donors (Lipinski definition) is 1. The van der Waals surface area contributed by atoms with Crippen LogP contribution in [0.5, 0.6) is 0 Å². The minimum absolute atomic E-state index is 0.217. The fourth-order valence-electron chi connectivity index (χ4n) is 1.68. The lowest BCUT2D eigenvalue weighted by Gasteiger charge is -2.20. The molecule has 4 heteroatoms. The molecule has 0 saturated carbocycles.